The molecule has 0 aliphatic heterocycles. The first kappa shape index (κ1) is 13.6. The van der Waals surface area contributed by atoms with Crippen molar-refractivity contribution in [3.05, 3.63) is 48.1 Å². The number of nitrogens with zero attached hydrogens (tertiary/aromatic N) is 1. The van der Waals surface area contributed by atoms with Crippen molar-refractivity contribution in [2.45, 2.75) is 18.6 Å². The summed E-state index contributed by atoms with van der Waals surface area (Å²) in [5.74, 6) is -1.78. The molecule has 1 saturated carbocycles. The number of halogens is 3. The van der Waals surface area contributed by atoms with E-state index in [1.54, 1.807) is 0 Å². The topological polar surface area (TPSA) is 20.3 Å². The van der Waals surface area contributed by atoms with Gasteiger partial charge in [0.25, 0.3) is 0 Å². The molecule has 19 heavy (non-hydrogen) atoms. The molecule has 2 atom stereocenters. The Bertz CT molecular complexity index is 485. The first-order chi connectivity index (χ1) is 8.91. The third-order valence-electron chi connectivity index (χ3n) is 3.27. The van der Waals surface area contributed by atoms with Gasteiger partial charge >= 0.3 is 12.1 Å². The van der Waals surface area contributed by atoms with Crippen LogP contribution < -0.4 is 0 Å². The Morgan fingerprint density at radius 1 is 1.21 bits per heavy atom. The van der Waals surface area contributed by atoms with Gasteiger partial charge in [0.2, 0.25) is 0 Å². The van der Waals surface area contributed by atoms with Gasteiger partial charge in [-0.2, -0.15) is 13.2 Å². The molecule has 0 N–H and O–H groups in total. The minimum absolute atomic E-state index is 0.0105. The molecule has 0 saturated heterocycles. The van der Waals surface area contributed by atoms with Crippen molar-refractivity contribution in [3.63, 3.8) is 0 Å². The SMILES string of the molecule is CN(C(=O)C(F)(F)F)[C@@H]1C[C@H]1C1=C/C=C\C=C/C=C\1. The molecule has 0 radical (unpaired) electrons. The quantitative estimate of drug-likeness (QED) is 0.754. The fourth-order valence-electron chi connectivity index (χ4n) is 2.15. The Labute approximate surface area is 109 Å². The highest BCUT2D eigenvalue weighted by atomic mass is 19.4. The van der Waals surface area contributed by atoms with E-state index in [4.69, 9.17) is 0 Å². The van der Waals surface area contributed by atoms with Crippen LogP contribution in [-0.4, -0.2) is 30.1 Å². The molecule has 2 aliphatic rings. The van der Waals surface area contributed by atoms with Gasteiger partial charge in [-0.1, -0.05) is 42.5 Å². The highest BCUT2D eigenvalue weighted by Gasteiger charge is 2.50. The van der Waals surface area contributed by atoms with Gasteiger partial charge in [-0.15, -0.1) is 0 Å². The minimum atomic E-state index is -4.80. The van der Waals surface area contributed by atoms with Crippen LogP contribution in [0.3, 0.4) is 0 Å². The molecule has 0 heterocycles. The van der Waals surface area contributed by atoms with E-state index in [-0.39, 0.29) is 12.0 Å². The molecular formula is C14H14F3NO. The summed E-state index contributed by atoms with van der Waals surface area (Å²) < 4.78 is 37.0. The number of allylic oxidation sites excluding steroid dienone is 7. The maximum absolute atomic E-state index is 12.3. The smallest absolute Gasteiger partial charge is 0.334 e. The fourth-order valence-corrected chi connectivity index (χ4v) is 2.15. The molecule has 0 aromatic rings. The van der Waals surface area contributed by atoms with E-state index in [0.29, 0.717) is 6.42 Å². The zero-order valence-electron chi connectivity index (χ0n) is 10.4. The van der Waals surface area contributed by atoms with Crippen LogP contribution >= 0.6 is 0 Å². The summed E-state index contributed by atoms with van der Waals surface area (Å²) >= 11 is 0. The minimum Gasteiger partial charge on any atom is -0.334 e. The van der Waals surface area contributed by atoms with Gasteiger partial charge in [0, 0.05) is 19.0 Å². The largest absolute Gasteiger partial charge is 0.471 e. The summed E-state index contributed by atoms with van der Waals surface area (Å²) in [4.78, 5) is 11.9. The molecular weight excluding hydrogens is 255 g/mol. The second kappa shape index (κ2) is 5.07. The Morgan fingerprint density at radius 3 is 2.53 bits per heavy atom. The molecule has 1 fully saturated rings. The van der Waals surface area contributed by atoms with Crippen LogP contribution in [0.5, 0.6) is 0 Å². The van der Waals surface area contributed by atoms with E-state index < -0.39 is 12.1 Å². The molecule has 0 unspecified atom stereocenters. The van der Waals surface area contributed by atoms with Crippen LogP contribution in [-0.2, 0) is 4.79 Å². The summed E-state index contributed by atoms with van der Waals surface area (Å²) in [7, 11) is 1.21. The number of rotatable bonds is 2. The molecule has 2 aliphatic carbocycles. The lowest BCUT2D eigenvalue weighted by molar-refractivity contribution is -0.184. The summed E-state index contributed by atoms with van der Waals surface area (Å²) in [5.41, 5.74) is 0.951. The standard InChI is InChI=1S/C14H14F3NO/c1-18(13(19)14(15,16)17)12-9-11(12)10-7-5-3-2-4-6-8-10/h2-8,11-12H,9H2,1H3/b3-2-,4-2?,5-3?,6-4-,7-5-,8-6?,10-7?,10-8+/t11-,12+/m0/s1. The summed E-state index contributed by atoms with van der Waals surface area (Å²) in [6.07, 6.45) is 8.78. The van der Waals surface area contributed by atoms with Crippen molar-refractivity contribution in [1.29, 1.82) is 0 Å². The number of carbonyl (C=O) groups excluding carboxylic acids is 1. The van der Waals surface area contributed by atoms with E-state index in [2.05, 4.69) is 0 Å². The summed E-state index contributed by atoms with van der Waals surface area (Å²) in [6.45, 7) is 0. The van der Waals surface area contributed by atoms with E-state index in [9.17, 15) is 18.0 Å². The Kier molecular flexibility index (Phi) is 3.64. The number of carbonyl (C=O) groups is 1. The molecule has 0 bridgehead atoms. The molecule has 2 rings (SSSR count). The van der Waals surface area contributed by atoms with Gasteiger partial charge in [0.1, 0.15) is 0 Å². The fraction of sp³-hybridized carbons (Fsp3) is 0.357. The third kappa shape index (κ3) is 3.16. The second-order valence-electron chi connectivity index (χ2n) is 4.62. The van der Waals surface area contributed by atoms with Crippen molar-refractivity contribution < 1.29 is 18.0 Å². The van der Waals surface area contributed by atoms with Crippen molar-refractivity contribution in [3.8, 4) is 0 Å². The van der Waals surface area contributed by atoms with Crippen molar-refractivity contribution in [2.75, 3.05) is 7.05 Å². The Balaban J connectivity index is 2.03. The van der Waals surface area contributed by atoms with E-state index >= 15 is 0 Å². The van der Waals surface area contributed by atoms with Crippen LogP contribution in [0.25, 0.3) is 0 Å². The highest BCUT2D eigenvalue weighted by molar-refractivity contribution is 5.82. The predicted octanol–water partition coefficient (Wildman–Crippen LogP) is 3.00. The van der Waals surface area contributed by atoms with Crippen molar-refractivity contribution in [2.24, 2.45) is 5.92 Å². The van der Waals surface area contributed by atoms with Gasteiger partial charge in [-0.05, 0) is 12.0 Å². The Morgan fingerprint density at radius 2 is 1.84 bits per heavy atom. The average molecular weight is 269 g/mol. The normalized spacial score (nSPS) is 33.4. The first-order valence-electron chi connectivity index (χ1n) is 5.97. The van der Waals surface area contributed by atoms with Crippen molar-refractivity contribution >= 4 is 5.91 Å². The summed E-state index contributed by atoms with van der Waals surface area (Å²) in [5, 5.41) is 0. The zero-order chi connectivity index (χ0) is 14.0. The molecule has 0 aromatic carbocycles. The second-order valence-corrected chi connectivity index (χ2v) is 4.62. The van der Waals surface area contributed by atoms with Gasteiger partial charge in [0.05, 0.1) is 0 Å². The number of alkyl halides is 3. The average Bonchev–Trinajstić information content (AvgIpc) is 3.05. The van der Waals surface area contributed by atoms with Gasteiger partial charge in [-0.3, -0.25) is 4.79 Å². The number of amides is 1. The lowest BCUT2D eigenvalue weighted by Crippen LogP contribution is -2.40. The lowest BCUT2D eigenvalue weighted by Gasteiger charge is -2.19. The van der Waals surface area contributed by atoms with Gasteiger partial charge in [0.15, 0.2) is 0 Å². The highest BCUT2D eigenvalue weighted by Crippen LogP contribution is 2.42. The molecule has 1 amide bonds. The van der Waals surface area contributed by atoms with E-state index in [0.717, 1.165) is 10.5 Å². The van der Waals surface area contributed by atoms with Crippen LogP contribution in [0.2, 0.25) is 0 Å². The third-order valence-corrected chi connectivity index (χ3v) is 3.27. The van der Waals surface area contributed by atoms with Crippen molar-refractivity contribution in [1.82, 2.24) is 4.90 Å². The van der Waals surface area contributed by atoms with Gasteiger partial charge < -0.3 is 4.90 Å². The number of hydrogen-bond acceptors (Lipinski definition) is 1. The van der Waals surface area contributed by atoms with E-state index in [1.165, 1.54) is 7.05 Å². The summed E-state index contributed by atoms with van der Waals surface area (Å²) in [6, 6.07) is -0.359. The van der Waals surface area contributed by atoms with Crippen LogP contribution in [0.4, 0.5) is 13.2 Å². The lowest BCUT2D eigenvalue weighted by atomic mass is 10.1. The van der Waals surface area contributed by atoms with E-state index in [1.807, 2.05) is 42.5 Å². The molecule has 5 heteroatoms. The monoisotopic (exact) mass is 269 g/mol. The van der Waals surface area contributed by atoms with Crippen LogP contribution in [0.1, 0.15) is 6.42 Å². The molecule has 102 valence electrons. The van der Waals surface area contributed by atoms with Gasteiger partial charge in [-0.25, -0.2) is 0 Å². The first-order valence-corrected chi connectivity index (χ1v) is 5.97. The maximum Gasteiger partial charge on any atom is 0.471 e. The van der Waals surface area contributed by atoms with Crippen LogP contribution in [0.15, 0.2) is 48.1 Å². The molecule has 0 spiro atoms. The van der Waals surface area contributed by atoms with Crippen LogP contribution in [0, 0.1) is 5.92 Å². The Hall–Kier alpha value is -1.78. The molecule has 0 aromatic heterocycles. The zero-order valence-corrected chi connectivity index (χ0v) is 10.4. The number of hydrogen-bond donors (Lipinski definition) is 0. The maximum atomic E-state index is 12.3. The molecule has 2 nitrogen and oxygen atoms in total. The predicted molar refractivity (Wildman–Crippen MR) is 66.2 cm³/mol.